The zero-order chi connectivity index (χ0) is 14.7. The summed E-state index contributed by atoms with van der Waals surface area (Å²) in [6.07, 6.45) is 1.66. The fourth-order valence-electron chi connectivity index (χ4n) is 1.65. The zero-order valence-electron chi connectivity index (χ0n) is 10.6. The van der Waals surface area contributed by atoms with Gasteiger partial charge in [-0.05, 0) is 19.1 Å². The van der Waals surface area contributed by atoms with E-state index in [4.69, 9.17) is 5.73 Å². The van der Waals surface area contributed by atoms with E-state index in [0.717, 1.165) is 5.01 Å². The molecule has 1 amide bonds. The highest BCUT2D eigenvalue weighted by Gasteiger charge is 2.17. The van der Waals surface area contributed by atoms with Crippen LogP contribution in [0, 0.1) is 10.1 Å². The Balaban J connectivity index is 2.14. The molecule has 20 heavy (non-hydrogen) atoms. The summed E-state index contributed by atoms with van der Waals surface area (Å²) in [6, 6.07) is 3.65. The van der Waals surface area contributed by atoms with Crippen molar-refractivity contribution in [3.05, 3.63) is 50.5 Å². The number of thiazole rings is 1. The molecule has 104 valence electrons. The number of nitrogen functional groups attached to an aromatic ring is 1. The van der Waals surface area contributed by atoms with Crippen LogP contribution in [0.4, 0.5) is 11.4 Å². The molecule has 1 aromatic heterocycles. The molecule has 8 heteroatoms. The number of rotatable bonds is 4. The van der Waals surface area contributed by atoms with Crippen molar-refractivity contribution in [1.82, 2.24) is 10.3 Å². The number of nitrogens with zero attached hydrogens (tertiary/aromatic N) is 2. The number of anilines is 1. The van der Waals surface area contributed by atoms with Crippen LogP contribution in [-0.2, 0) is 0 Å². The van der Waals surface area contributed by atoms with Gasteiger partial charge < -0.3 is 11.1 Å². The van der Waals surface area contributed by atoms with Crippen molar-refractivity contribution in [2.75, 3.05) is 5.73 Å². The van der Waals surface area contributed by atoms with Crippen LogP contribution >= 0.6 is 11.3 Å². The van der Waals surface area contributed by atoms with Gasteiger partial charge in [0.1, 0.15) is 10.7 Å². The van der Waals surface area contributed by atoms with E-state index in [-0.39, 0.29) is 28.9 Å². The lowest BCUT2D eigenvalue weighted by atomic mass is 10.1. The monoisotopic (exact) mass is 292 g/mol. The molecular formula is C12H12N4O3S. The second kappa shape index (κ2) is 5.66. The molecule has 2 rings (SSSR count). The lowest BCUT2D eigenvalue weighted by Gasteiger charge is -2.11. The molecular weight excluding hydrogens is 280 g/mol. The van der Waals surface area contributed by atoms with Crippen LogP contribution in [0.1, 0.15) is 28.3 Å². The van der Waals surface area contributed by atoms with Gasteiger partial charge in [0, 0.05) is 23.2 Å². The van der Waals surface area contributed by atoms with Gasteiger partial charge in [-0.25, -0.2) is 4.98 Å². The Morgan fingerprint density at radius 1 is 1.55 bits per heavy atom. The van der Waals surface area contributed by atoms with Crippen LogP contribution in [0.2, 0.25) is 0 Å². The molecule has 0 aliphatic rings. The van der Waals surface area contributed by atoms with E-state index in [1.54, 1.807) is 6.20 Å². The first-order chi connectivity index (χ1) is 9.49. The topological polar surface area (TPSA) is 111 Å². The Hall–Kier alpha value is -2.48. The van der Waals surface area contributed by atoms with Gasteiger partial charge >= 0.3 is 0 Å². The third kappa shape index (κ3) is 2.91. The SMILES string of the molecule is CC(NC(=O)c1ccc([N+](=O)[O-])c(N)c1)c1nccs1. The molecule has 1 atom stereocenters. The van der Waals surface area contributed by atoms with Crippen LogP contribution in [0.15, 0.2) is 29.8 Å². The summed E-state index contributed by atoms with van der Waals surface area (Å²) in [5, 5.41) is 16.0. The molecule has 0 fully saturated rings. The standard InChI is InChI=1S/C12H12N4O3S/c1-7(12-14-4-5-20-12)15-11(17)8-2-3-10(16(18)19)9(13)6-8/h2-7H,13H2,1H3,(H,15,17). The first-order valence-corrected chi connectivity index (χ1v) is 6.61. The molecule has 7 nitrogen and oxygen atoms in total. The van der Waals surface area contributed by atoms with Crippen molar-refractivity contribution >= 4 is 28.6 Å². The van der Waals surface area contributed by atoms with Gasteiger partial charge in [0.25, 0.3) is 11.6 Å². The smallest absolute Gasteiger partial charge is 0.292 e. The highest BCUT2D eigenvalue weighted by molar-refractivity contribution is 7.09. The molecule has 1 heterocycles. The van der Waals surface area contributed by atoms with Crippen molar-refractivity contribution < 1.29 is 9.72 Å². The minimum Gasteiger partial charge on any atom is -0.393 e. The molecule has 0 spiro atoms. The van der Waals surface area contributed by atoms with E-state index in [0.29, 0.717) is 0 Å². The number of nitro benzene ring substituents is 1. The second-order valence-electron chi connectivity index (χ2n) is 4.10. The second-order valence-corrected chi connectivity index (χ2v) is 5.02. The number of nitro groups is 1. The summed E-state index contributed by atoms with van der Waals surface area (Å²) < 4.78 is 0. The molecule has 0 aliphatic carbocycles. The summed E-state index contributed by atoms with van der Waals surface area (Å²) in [5.74, 6) is -0.353. The number of hydrogen-bond donors (Lipinski definition) is 2. The van der Waals surface area contributed by atoms with Crippen molar-refractivity contribution in [2.24, 2.45) is 0 Å². The normalized spacial score (nSPS) is 11.8. The number of hydrogen-bond acceptors (Lipinski definition) is 6. The Morgan fingerprint density at radius 2 is 2.30 bits per heavy atom. The number of nitrogens with one attached hydrogen (secondary N) is 1. The van der Waals surface area contributed by atoms with Gasteiger partial charge in [0.15, 0.2) is 0 Å². The minimum absolute atomic E-state index is 0.0375. The fraction of sp³-hybridized carbons (Fsp3) is 0.167. The summed E-state index contributed by atoms with van der Waals surface area (Å²) in [6.45, 7) is 1.81. The maximum atomic E-state index is 12.0. The average Bonchev–Trinajstić information content (AvgIpc) is 2.91. The highest BCUT2D eigenvalue weighted by Crippen LogP contribution is 2.22. The molecule has 0 bridgehead atoms. The summed E-state index contributed by atoms with van der Waals surface area (Å²) in [5.41, 5.74) is 5.58. The van der Waals surface area contributed by atoms with Gasteiger partial charge in [-0.1, -0.05) is 0 Å². The summed E-state index contributed by atoms with van der Waals surface area (Å²) >= 11 is 1.44. The summed E-state index contributed by atoms with van der Waals surface area (Å²) in [7, 11) is 0. The highest BCUT2D eigenvalue weighted by atomic mass is 32.1. The van der Waals surface area contributed by atoms with E-state index >= 15 is 0 Å². The molecule has 3 N–H and O–H groups in total. The van der Waals surface area contributed by atoms with Crippen LogP contribution in [-0.4, -0.2) is 15.8 Å². The third-order valence-corrected chi connectivity index (χ3v) is 3.61. The third-order valence-electron chi connectivity index (χ3n) is 2.66. The van der Waals surface area contributed by atoms with Gasteiger partial charge in [0.05, 0.1) is 11.0 Å². The van der Waals surface area contributed by atoms with Gasteiger partial charge in [0.2, 0.25) is 0 Å². The number of nitrogens with two attached hydrogens (primary N) is 1. The Kier molecular flexibility index (Phi) is 3.94. The quantitative estimate of drug-likeness (QED) is 0.509. The predicted molar refractivity (Wildman–Crippen MR) is 75.5 cm³/mol. The molecule has 0 saturated carbocycles. The van der Waals surface area contributed by atoms with Crippen LogP contribution < -0.4 is 11.1 Å². The molecule has 1 aromatic carbocycles. The predicted octanol–water partition coefficient (Wildman–Crippen LogP) is 2.12. The van der Waals surface area contributed by atoms with Crippen molar-refractivity contribution in [2.45, 2.75) is 13.0 Å². The summed E-state index contributed by atoms with van der Waals surface area (Å²) in [4.78, 5) is 26.2. The number of benzene rings is 1. The van der Waals surface area contributed by atoms with E-state index in [2.05, 4.69) is 10.3 Å². The van der Waals surface area contributed by atoms with Crippen molar-refractivity contribution in [3.8, 4) is 0 Å². The van der Waals surface area contributed by atoms with Gasteiger partial charge in [-0.3, -0.25) is 14.9 Å². The minimum atomic E-state index is -0.588. The largest absolute Gasteiger partial charge is 0.393 e. The lowest BCUT2D eigenvalue weighted by Crippen LogP contribution is -2.26. The molecule has 0 saturated heterocycles. The van der Waals surface area contributed by atoms with E-state index in [1.165, 1.54) is 29.5 Å². The first-order valence-electron chi connectivity index (χ1n) is 5.73. The molecule has 0 aliphatic heterocycles. The van der Waals surface area contributed by atoms with Crippen molar-refractivity contribution in [1.29, 1.82) is 0 Å². The Morgan fingerprint density at radius 3 is 2.85 bits per heavy atom. The Labute approximate surface area is 118 Å². The fourth-order valence-corrected chi connectivity index (χ4v) is 2.30. The maximum Gasteiger partial charge on any atom is 0.292 e. The van der Waals surface area contributed by atoms with E-state index < -0.39 is 4.92 Å². The van der Waals surface area contributed by atoms with Crippen LogP contribution in [0.3, 0.4) is 0 Å². The number of amides is 1. The molecule has 1 unspecified atom stereocenters. The van der Waals surface area contributed by atoms with Crippen LogP contribution in [0.5, 0.6) is 0 Å². The van der Waals surface area contributed by atoms with Gasteiger partial charge in [-0.2, -0.15) is 0 Å². The molecule has 2 aromatic rings. The Bertz CT molecular complexity index is 642. The number of carbonyl (C=O) groups excluding carboxylic acids is 1. The number of aromatic nitrogens is 1. The lowest BCUT2D eigenvalue weighted by molar-refractivity contribution is -0.383. The van der Waals surface area contributed by atoms with Crippen LogP contribution in [0.25, 0.3) is 0 Å². The first kappa shape index (κ1) is 13.9. The zero-order valence-corrected chi connectivity index (χ0v) is 11.4. The van der Waals surface area contributed by atoms with E-state index in [9.17, 15) is 14.9 Å². The average molecular weight is 292 g/mol. The molecule has 0 radical (unpaired) electrons. The van der Waals surface area contributed by atoms with Crippen molar-refractivity contribution in [3.63, 3.8) is 0 Å². The maximum absolute atomic E-state index is 12.0. The number of carbonyl (C=O) groups is 1. The van der Waals surface area contributed by atoms with E-state index in [1.807, 2.05) is 12.3 Å². The van der Waals surface area contributed by atoms with Gasteiger partial charge in [-0.15, -0.1) is 11.3 Å².